The predicted octanol–water partition coefficient (Wildman–Crippen LogP) is 3.66. The molecule has 8 nitrogen and oxygen atoms in total. The van der Waals surface area contributed by atoms with Crippen molar-refractivity contribution in [2.24, 2.45) is 0 Å². The number of halogens is 1. The van der Waals surface area contributed by atoms with Crippen molar-refractivity contribution >= 4 is 22.6 Å². The minimum atomic E-state index is -0.684. The Labute approximate surface area is 201 Å². The van der Waals surface area contributed by atoms with Crippen LogP contribution in [-0.2, 0) is 13.1 Å². The quantitative estimate of drug-likeness (QED) is 0.310. The molecule has 1 fully saturated rings. The summed E-state index contributed by atoms with van der Waals surface area (Å²) in [4.78, 5) is 35.4. The largest absolute Gasteiger partial charge is 0.490 e. The average Bonchev–Trinajstić information content (AvgIpc) is 3.32. The minimum Gasteiger partial charge on any atom is -0.490 e. The molecule has 1 aliphatic carbocycles. The Morgan fingerprint density at radius 1 is 1.15 bits per heavy atom. The first kappa shape index (κ1) is 22.6. The van der Waals surface area contributed by atoms with Crippen LogP contribution in [0.5, 0.6) is 5.75 Å². The van der Waals surface area contributed by atoms with Crippen LogP contribution in [0.1, 0.15) is 36.8 Å². The van der Waals surface area contributed by atoms with E-state index in [4.69, 9.17) is 16.3 Å². The number of H-pyrrole nitrogens is 1. The van der Waals surface area contributed by atoms with E-state index in [2.05, 4.69) is 20.3 Å². The second kappa shape index (κ2) is 9.56. The lowest BCUT2D eigenvalue weighted by atomic mass is 10.1. The standard InChI is InChI=1S/C25H26ClN5O3/c1-15-12-19-20(13-21(15)34-18-4-2-3-5-18)31(23-22(28-19)24(32)30-25(33)29-23)11-10-27-14-16-6-8-17(26)9-7-16/h6-9,12-13,18,27H,2-5,10-11,14H2,1H3,(H,30,32,33). The van der Waals surface area contributed by atoms with Gasteiger partial charge in [0.1, 0.15) is 5.75 Å². The van der Waals surface area contributed by atoms with Crippen molar-refractivity contribution in [1.29, 1.82) is 0 Å². The Hall–Kier alpha value is -3.23. The van der Waals surface area contributed by atoms with Crippen LogP contribution in [0, 0.1) is 6.92 Å². The SMILES string of the molecule is Cc1cc2nc3c(=O)[nH]c(=O)nc-3n(CCNCc3ccc(Cl)cc3)c2cc1OC1CCCC1. The van der Waals surface area contributed by atoms with Gasteiger partial charge in [-0.2, -0.15) is 4.98 Å². The zero-order valence-corrected chi connectivity index (χ0v) is 19.7. The van der Waals surface area contributed by atoms with Crippen LogP contribution >= 0.6 is 11.6 Å². The summed E-state index contributed by atoms with van der Waals surface area (Å²) in [5.41, 5.74) is 2.43. The number of hydrogen-bond acceptors (Lipinski definition) is 6. The zero-order valence-electron chi connectivity index (χ0n) is 18.9. The first-order valence-electron chi connectivity index (χ1n) is 11.5. The molecule has 2 aromatic carbocycles. The summed E-state index contributed by atoms with van der Waals surface area (Å²) in [5.74, 6) is 1.07. The molecular formula is C25H26ClN5O3. The highest BCUT2D eigenvalue weighted by molar-refractivity contribution is 6.30. The van der Waals surface area contributed by atoms with E-state index in [9.17, 15) is 9.59 Å². The maximum absolute atomic E-state index is 12.5. The molecule has 0 unspecified atom stereocenters. The van der Waals surface area contributed by atoms with Gasteiger partial charge >= 0.3 is 5.69 Å². The van der Waals surface area contributed by atoms with Gasteiger partial charge < -0.3 is 14.6 Å². The van der Waals surface area contributed by atoms with Gasteiger partial charge in [0, 0.05) is 30.7 Å². The van der Waals surface area contributed by atoms with E-state index in [-0.39, 0.29) is 17.6 Å². The van der Waals surface area contributed by atoms with Crippen molar-refractivity contribution in [2.75, 3.05) is 6.54 Å². The van der Waals surface area contributed by atoms with E-state index in [1.807, 2.05) is 47.9 Å². The van der Waals surface area contributed by atoms with Crippen LogP contribution in [0.2, 0.25) is 5.02 Å². The van der Waals surface area contributed by atoms with Crippen LogP contribution in [-0.4, -0.2) is 32.2 Å². The molecule has 9 heteroatoms. The summed E-state index contributed by atoms with van der Waals surface area (Å²) in [6.07, 6.45) is 4.69. The van der Waals surface area contributed by atoms with Gasteiger partial charge in [-0.25, -0.2) is 9.78 Å². The molecule has 2 aliphatic heterocycles. The lowest BCUT2D eigenvalue weighted by molar-refractivity contribution is 0.209. The molecule has 2 aromatic rings. The molecule has 0 saturated heterocycles. The number of aromatic nitrogens is 4. The molecule has 0 radical (unpaired) electrons. The molecule has 1 saturated carbocycles. The Balaban J connectivity index is 1.50. The Morgan fingerprint density at radius 3 is 2.68 bits per heavy atom. The number of nitrogens with zero attached hydrogens (tertiary/aromatic N) is 3. The molecule has 0 atom stereocenters. The van der Waals surface area contributed by atoms with Gasteiger partial charge in [0.25, 0.3) is 5.56 Å². The molecule has 2 heterocycles. The highest BCUT2D eigenvalue weighted by Crippen LogP contribution is 2.31. The van der Waals surface area contributed by atoms with Gasteiger partial charge in [-0.1, -0.05) is 23.7 Å². The van der Waals surface area contributed by atoms with Gasteiger partial charge in [-0.05, 0) is 61.9 Å². The van der Waals surface area contributed by atoms with Crippen molar-refractivity contribution < 1.29 is 4.74 Å². The van der Waals surface area contributed by atoms with Gasteiger partial charge in [0.15, 0.2) is 11.5 Å². The molecule has 0 spiro atoms. The lowest BCUT2D eigenvalue weighted by Crippen LogP contribution is -2.30. The zero-order chi connectivity index (χ0) is 23.7. The Morgan fingerprint density at radius 2 is 1.91 bits per heavy atom. The lowest BCUT2D eigenvalue weighted by Gasteiger charge is -2.20. The highest BCUT2D eigenvalue weighted by atomic mass is 35.5. The number of hydrogen-bond donors (Lipinski definition) is 2. The molecule has 0 aromatic heterocycles. The van der Waals surface area contributed by atoms with Crippen LogP contribution in [0.15, 0.2) is 46.0 Å². The Bertz CT molecular complexity index is 1410. The number of nitrogens with one attached hydrogen (secondary N) is 2. The molecule has 0 amide bonds. The molecule has 2 N–H and O–H groups in total. The fourth-order valence-corrected chi connectivity index (χ4v) is 4.62. The van der Waals surface area contributed by atoms with E-state index in [1.54, 1.807) is 0 Å². The van der Waals surface area contributed by atoms with Crippen LogP contribution < -0.4 is 21.3 Å². The van der Waals surface area contributed by atoms with Crippen LogP contribution in [0.4, 0.5) is 0 Å². The monoisotopic (exact) mass is 479 g/mol. The summed E-state index contributed by atoms with van der Waals surface area (Å²) < 4.78 is 8.18. The second-order valence-electron chi connectivity index (χ2n) is 8.74. The predicted molar refractivity (Wildman–Crippen MR) is 132 cm³/mol. The summed E-state index contributed by atoms with van der Waals surface area (Å²) in [6, 6.07) is 11.6. The fourth-order valence-electron chi connectivity index (χ4n) is 4.49. The number of benzene rings is 2. The molecular weight excluding hydrogens is 454 g/mol. The fraction of sp³-hybridized carbons (Fsp3) is 0.360. The van der Waals surface area contributed by atoms with E-state index in [1.165, 1.54) is 12.8 Å². The summed E-state index contributed by atoms with van der Waals surface area (Å²) in [5, 5.41) is 4.10. The summed E-state index contributed by atoms with van der Waals surface area (Å²) in [6.45, 7) is 3.73. The van der Waals surface area contributed by atoms with E-state index < -0.39 is 11.2 Å². The summed E-state index contributed by atoms with van der Waals surface area (Å²) >= 11 is 5.97. The van der Waals surface area contributed by atoms with Crippen molar-refractivity contribution in [3.05, 3.63) is 73.4 Å². The van der Waals surface area contributed by atoms with E-state index >= 15 is 0 Å². The first-order valence-corrected chi connectivity index (χ1v) is 11.9. The molecule has 34 heavy (non-hydrogen) atoms. The van der Waals surface area contributed by atoms with Crippen molar-refractivity contribution in [2.45, 2.75) is 51.8 Å². The summed E-state index contributed by atoms with van der Waals surface area (Å²) in [7, 11) is 0. The van der Waals surface area contributed by atoms with Crippen molar-refractivity contribution in [3.8, 4) is 17.3 Å². The molecule has 176 valence electrons. The van der Waals surface area contributed by atoms with E-state index in [0.717, 1.165) is 35.2 Å². The topological polar surface area (TPSA) is 102 Å². The number of aryl methyl sites for hydroxylation is 1. The number of ether oxygens (including phenoxy) is 1. The van der Waals surface area contributed by atoms with Gasteiger partial charge in [0.2, 0.25) is 0 Å². The molecule has 0 bridgehead atoms. The smallest absolute Gasteiger partial charge is 0.349 e. The maximum Gasteiger partial charge on any atom is 0.349 e. The molecule has 5 rings (SSSR count). The number of fused-ring (bicyclic) bond motifs is 2. The van der Waals surface area contributed by atoms with E-state index in [0.29, 0.717) is 30.2 Å². The molecule has 3 aliphatic rings. The maximum atomic E-state index is 12.5. The van der Waals surface area contributed by atoms with Crippen LogP contribution in [0.3, 0.4) is 0 Å². The average molecular weight is 480 g/mol. The third-order valence-electron chi connectivity index (χ3n) is 6.26. The third kappa shape index (κ3) is 4.69. The number of rotatable bonds is 7. The van der Waals surface area contributed by atoms with Gasteiger partial charge in [0.05, 0.1) is 17.1 Å². The van der Waals surface area contributed by atoms with Gasteiger partial charge in [-0.3, -0.25) is 9.78 Å². The second-order valence-corrected chi connectivity index (χ2v) is 9.18. The van der Waals surface area contributed by atoms with Crippen molar-refractivity contribution in [1.82, 2.24) is 24.8 Å². The Kier molecular flexibility index (Phi) is 6.34. The van der Waals surface area contributed by atoms with Crippen LogP contribution in [0.25, 0.3) is 22.6 Å². The first-order chi connectivity index (χ1) is 16.5. The highest BCUT2D eigenvalue weighted by Gasteiger charge is 2.21. The van der Waals surface area contributed by atoms with Crippen molar-refractivity contribution in [3.63, 3.8) is 0 Å². The number of aromatic amines is 1. The minimum absolute atomic E-state index is 0.147. The third-order valence-corrected chi connectivity index (χ3v) is 6.51. The van der Waals surface area contributed by atoms with Gasteiger partial charge in [-0.15, -0.1) is 0 Å². The normalized spacial score (nSPS) is 14.3.